The molecule has 3 rings (SSSR count). The van der Waals surface area contributed by atoms with Crippen molar-refractivity contribution in [3.8, 4) is 0 Å². The molecule has 0 spiro atoms. The number of carbonyl (C=O) groups is 1. The second-order valence-electron chi connectivity index (χ2n) is 7.57. The van der Waals surface area contributed by atoms with Gasteiger partial charge in [-0.05, 0) is 37.0 Å². The van der Waals surface area contributed by atoms with Crippen LogP contribution in [0.25, 0.3) is 0 Å². The molecular formula is C19H28BrN3O3S. The van der Waals surface area contributed by atoms with E-state index in [0.29, 0.717) is 43.5 Å². The molecule has 1 aromatic rings. The first kappa shape index (κ1) is 20.8. The van der Waals surface area contributed by atoms with Gasteiger partial charge in [-0.2, -0.15) is 4.31 Å². The number of nitrogens with one attached hydrogen (secondary N) is 1. The van der Waals surface area contributed by atoms with Gasteiger partial charge >= 0.3 is 0 Å². The quantitative estimate of drug-likeness (QED) is 0.736. The molecule has 1 saturated heterocycles. The summed E-state index contributed by atoms with van der Waals surface area (Å²) in [5.74, 6) is 0.590. The maximum atomic E-state index is 12.8. The third-order valence-corrected chi connectivity index (χ3v) is 7.98. The van der Waals surface area contributed by atoms with Crippen molar-refractivity contribution in [1.82, 2.24) is 14.5 Å². The summed E-state index contributed by atoms with van der Waals surface area (Å²) in [5, 5.41) is 3.17. The SMILES string of the molecule is C[C@H]1CCCC[C@@H]1NC(=O)CN1CCN(S(=O)(=O)c2cccc(Br)c2)CC1. The molecule has 1 saturated carbocycles. The maximum absolute atomic E-state index is 12.8. The first-order valence-electron chi connectivity index (χ1n) is 9.64. The van der Waals surface area contributed by atoms with Crippen molar-refractivity contribution in [3.05, 3.63) is 28.7 Å². The first-order chi connectivity index (χ1) is 12.9. The number of carbonyl (C=O) groups excluding carboxylic acids is 1. The Balaban J connectivity index is 1.50. The molecule has 1 aliphatic carbocycles. The van der Waals surface area contributed by atoms with E-state index in [4.69, 9.17) is 0 Å². The predicted molar refractivity (Wildman–Crippen MR) is 109 cm³/mol. The van der Waals surface area contributed by atoms with Crippen LogP contribution in [0.2, 0.25) is 0 Å². The van der Waals surface area contributed by atoms with E-state index in [0.717, 1.165) is 10.9 Å². The van der Waals surface area contributed by atoms with Crippen LogP contribution in [0.15, 0.2) is 33.6 Å². The van der Waals surface area contributed by atoms with E-state index in [9.17, 15) is 13.2 Å². The number of halogens is 1. The van der Waals surface area contributed by atoms with Gasteiger partial charge in [-0.25, -0.2) is 8.42 Å². The van der Waals surface area contributed by atoms with Crippen LogP contribution < -0.4 is 5.32 Å². The lowest BCUT2D eigenvalue weighted by molar-refractivity contribution is -0.123. The zero-order chi connectivity index (χ0) is 19.4. The molecule has 1 N–H and O–H groups in total. The van der Waals surface area contributed by atoms with Gasteiger partial charge in [0.2, 0.25) is 15.9 Å². The fraction of sp³-hybridized carbons (Fsp3) is 0.632. The number of hydrogen-bond acceptors (Lipinski definition) is 4. The maximum Gasteiger partial charge on any atom is 0.243 e. The molecule has 0 radical (unpaired) electrons. The number of rotatable bonds is 5. The number of benzene rings is 1. The number of amides is 1. The summed E-state index contributed by atoms with van der Waals surface area (Å²) in [6.45, 7) is 4.50. The topological polar surface area (TPSA) is 69.7 Å². The Labute approximate surface area is 170 Å². The van der Waals surface area contributed by atoms with Gasteiger partial charge < -0.3 is 5.32 Å². The summed E-state index contributed by atoms with van der Waals surface area (Å²) in [4.78, 5) is 14.7. The monoisotopic (exact) mass is 457 g/mol. The third kappa shape index (κ3) is 5.31. The highest BCUT2D eigenvalue weighted by Crippen LogP contribution is 2.24. The van der Waals surface area contributed by atoms with Crippen LogP contribution in [0.3, 0.4) is 0 Å². The Kier molecular flexibility index (Phi) is 6.94. The number of nitrogens with zero attached hydrogens (tertiary/aromatic N) is 2. The normalized spacial score (nSPS) is 25.3. The molecule has 8 heteroatoms. The van der Waals surface area contributed by atoms with E-state index in [2.05, 4.69) is 28.2 Å². The zero-order valence-corrected chi connectivity index (χ0v) is 18.1. The van der Waals surface area contributed by atoms with Gasteiger partial charge in [0.1, 0.15) is 0 Å². The molecule has 0 bridgehead atoms. The van der Waals surface area contributed by atoms with E-state index in [1.165, 1.54) is 23.6 Å². The number of piperazine rings is 1. The van der Waals surface area contributed by atoms with E-state index in [1.807, 2.05) is 11.0 Å². The third-order valence-electron chi connectivity index (χ3n) is 5.59. The molecule has 0 aromatic heterocycles. The lowest BCUT2D eigenvalue weighted by atomic mass is 9.86. The smallest absolute Gasteiger partial charge is 0.243 e. The molecular weight excluding hydrogens is 430 g/mol. The van der Waals surface area contributed by atoms with Crippen molar-refractivity contribution in [2.45, 2.75) is 43.5 Å². The predicted octanol–water partition coefficient (Wildman–Crippen LogP) is 2.45. The fourth-order valence-corrected chi connectivity index (χ4v) is 5.91. The van der Waals surface area contributed by atoms with Gasteiger partial charge in [-0.3, -0.25) is 9.69 Å². The van der Waals surface area contributed by atoms with Crippen LogP contribution >= 0.6 is 15.9 Å². The van der Waals surface area contributed by atoms with Gasteiger partial charge in [0.25, 0.3) is 0 Å². The Bertz CT molecular complexity index is 763. The summed E-state index contributed by atoms with van der Waals surface area (Å²) in [7, 11) is -3.49. The minimum atomic E-state index is -3.49. The average molecular weight is 458 g/mol. The van der Waals surface area contributed by atoms with Crippen LogP contribution in [0, 0.1) is 5.92 Å². The van der Waals surface area contributed by atoms with Crippen molar-refractivity contribution in [1.29, 1.82) is 0 Å². The lowest BCUT2D eigenvalue weighted by Crippen LogP contribution is -2.52. The lowest BCUT2D eigenvalue weighted by Gasteiger charge is -2.34. The van der Waals surface area contributed by atoms with Gasteiger partial charge in [0, 0.05) is 36.7 Å². The van der Waals surface area contributed by atoms with E-state index in [-0.39, 0.29) is 11.9 Å². The highest BCUT2D eigenvalue weighted by molar-refractivity contribution is 9.10. The van der Waals surface area contributed by atoms with E-state index in [1.54, 1.807) is 18.2 Å². The number of hydrogen-bond donors (Lipinski definition) is 1. The van der Waals surface area contributed by atoms with Crippen LogP contribution in [0.1, 0.15) is 32.6 Å². The summed E-state index contributed by atoms with van der Waals surface area (Å²) in [6.07, 6.45) is 4.67. The molecule has 1 amide bonds. The van der Waals surface area contributed by atoms with Crippen LogP contribution in [0.4, 0.5) is 0 Å². The van der Waals surface area contributed by atoms with Gasteiger partial charge in [-0.1, -0.05) is 41.8 Å². The van der Waals surface area contributed by atoms with Crippen molar-refractivity contribution in [2.75, 3.05) is 32.7 Å². The molecule has 1 aromatic carbocycles. The van der Waals surface area contributed by atoms with Gasteiger partial charge in [-0.15, -0.1) is 0 Å². The molecule has 0 unspecified atom stereocenters. The highest BCUT2D eigenvalue weighted by atomic mass is 79.9. The van der Waals surface area contributed by atoms with Gasteiger partial charge in [0.15, 0.2) is 0 Å². The molecule has 6 nitrogen and oxygen atoms in total. The van der Waals surface area contributed by atoms with Crippen molar-refractivity contribution < 1.29 is 13.2 Å². The molecule has 1 heterocycles. The Hall–Kier alpha value is -0.960. The Morgan fingerprint density at radius 3 is 2.56 bits per heavy atom. The number of sulfonamides is 1. The Morgan fingerprint density at radius 1 is 1.19 bits per heavy atom. The van der Waals surface area contributed by atoms with Crippen LogP contribution in [0.5, 0.6) is 0 Å². The van der Waals surface area contributed by atoms with Crippen molar-refractivity contribution >= 4 is 31.9 Å². The standard InChI is InChI=1S/C19H28BrN3O3S/c1-15-5-2-3-8-18(15)21-19(24)14-22-9-11-23(12-10-22)27(25,26)17-7-4-6-16(20)13-17/h4,6-7,13,15,18H,2-3,5,8-12,14H2,1H3,(H,21,24)/t15-,18-/m0/s1. The van der Waals surface area contributed by atoms with Gasteiger partial charge in [0.05, 0.1) is 11.4 Å². The highest BCUT2D eigenvalue weighted by Gasteiger charge is 2.30. The summed E-state index contributed by atoms with van der Waals surface area (Å²) in [5.41, 5.74) is 0. The van der Waals surface area contributed by atoms with Crippen LogP contribution in [-0.4, -0.2) is 62.3 Å². The largest absolute Gasteiger partial charge is 0.352 e. The summed E-state index contributed by atoms with van der Waals surface area (Å²) < 4.78 is 27.8. The molecule has 1 aliphatic heterocycles. The minimum Gasteiger partial charge on any atom is -0.352 e. The second kappa shape index (κ2) is 9.03. The summed E-state index contributed by atoms with van der Waals surface area (Å²) in [6, 6.07) is 7.06. The average Bonchev–Trinajstić information content (AvgIpc) is 2.64. The van der Waals surface area contributed by atoms with Crippen molar-refractivity contribution in [2.24, 2.45) is 5.92 Å². The molecule has 150 valence electrons. The minimum absolute atomic E-state index is 0.0528. The van der Waals surface area contributed by atoms with E-state index >= 15 is 0 Å². The van der Waals surface area contributed by atoms with Crippen LogP contribution in [-0.2, 0) is 14.8 Å². The van der Waals surface area contributed by atoms with E-state index < -0.39 is 10.0 Å². The molecule has 2 aliphatic rings. The fourth-order valence-electron chi connectivity index (χ4n) is 3.89. The first-order valence-corrected chi connectivity index (χ1v) is 11.9. The Morgan fingerprint density at radius 2 is 1.89 bits per heavy atom. The van der Waals surface area contributed by atoms with Crippen molar-refractivity contribution in [3.63, 3.8) is 0 Å². The molecule has 2 atom stereocenters. The molecule has 2 fully saturated rings. The zero-order valence-electron chi connectivity index (χ0n) is 15.7. The second-order valence-corrected chi connectivity index (χ2v) is 10.4. The summed E-state index contributed by atoms with van der Waals surface area (Å²) >= 11 is 3.32. The molecule has 27 heavy (non-hydrogen) atoms.